The van der Waals surface area contributed by atoms with E-state index in [1.807, 2.05) is 6.07 Å². The Hall–Kier alpha value is -1.06. The van der Waals surface area contributed by atoms with Gasteiger partial charge in [0.05, 0.1) is 6.07 Å². The van der Waals surface area contributed by atoms with Crippen LogP contribution in [-0.2, 0) is 29.1 Å². The van der Waals surface area contributed by atoms with Gasteiger partial charge in [-0.3, -0.25) is 13.6 Å². The Bertz CT molecular complexity index is 155. The summed E-state index contributed by atoms with van der Waals surface area (Å²) in [5, 5.41) is 7.94. The molecule has 0 N–H and O–H groups in total. The number of carbonyl (C=O) groups excluding carboxylic acids is 2. The summed E-state index contributed by atoms with van der Waals surface area (Å²) in [6, 6.07) is 1.96. The fourth-order valence-electron chi connectivity index (χ4n) is 0.237. The van der Waals surface area contributed by atoms with Gasteiger partial charge in [-0.15, -0.1) is 0 Å². The Morgan fingerprint density at radius 3 is 1.75 bits per heavy atom. The molecule has 0 aliphatic heterocycles. The van der Waals surface area contributed by atoms with E-state index in [2.05, 4.69) is 39.2 Å². The Morgan fingerprint density at radius 2 is 1.56 bits per heavy atom. The second-order valence-corrected chi connectivity index (χ2v) is 2.64. The molecule has 0 aliphatic carbocycles. The van der Waals surface area contributed by atoms with Crippen LogP contribution in [0.1, 0.15) is 33.6 Å². The van der Waals surface area contributed by atoms with Crippen molar-refractivity contribution in [2.24, 2.45) is 0 Å². The third kappa shape index (κ3) is 213. The Morgan fingerprint density at radius 1 is 1.25 bits per heavy atom. The van der Waals surface area contributed by atoms with Gasteiger partial charge in [0.1, 0.15) is 0 Å². The Kier molecular flexibility index (Phi) is 89.0. The maximum absolute atomic E-state index is 7.94. The minimum atomic E-state index is 0. The van der Waals surface area contributed by atoms with E-state index in [-0.39, 0.29) is 19.5 Å². The molecule has 0 fully saturated rings. The number of nitrogens with zero attached hydrogens (tertiary/aromatic N) is 2. The molecule has 0 spiro atoms. The van der Waals surface area contributed by atoms with Gasteiger partial charge in [-0.25, -0.2) is 6.57 Å². The van der Waals surface area contributed by atoms with E-state index in [1.165, 1.54) is 5.92 Å². The predicted octanol–water partition coefficient (Wildman–Crippen LogP) is 2.28. The van der Waals surface area contributed by atoms with E-state index < -0.39 is 0 Å². The maximum atomic E-state index is 7.94. The summed E-state index contributed by atoms with van der Waals surface area (Å²) in [6.07, 6.45) is 1.24. The molecule has 0 unspecified atom stereocenters. The summed E-state index contributed by atoms with van der Waals surface area (Å²) < 4.78 is 0. The standard InChI is InChI=1S/C5H6N2.C4H9.2CHO.Ru/c1-7-5-3-2-4-6;1-4(2)3;2*1-2;/h2-3,5H2;1-3H3;2*1H;/q;3*-1;+4. The first-order chi connectivity index (χ1) is 7.15. The second kappa shape index (κ2) is 48.5. The Labute approximate surface area is 112 Å². The van der Waals surface area contributed by atoms with Crippen LogP contribution in [0.25, 0.3) is 4.85 Å². The minimum Gasteiger partial charge on any atom is -0.545 e. The number of hydrogen-bond donors (Lipinski definition) is 0. The molecule has 0 saturated carbocycles. The molecule has 16 heavy (non-hydrogen) atoms. The van der Waals surface area contributed by atoms with Crippen molar-refractivity contribution >= 4 is 13.6 Å². The van der Waals surface area contributed by atoms with Gasteiger partial charge >= 0.3 is 19.5 Å². The molecule has 0 amide bonds. The average Bonchev–Trinajstić information content (AvgIpc) is 2.24. The van der Waals surface area contributed by atoms with E-state index in [0.717, 1.165) is 6.42 Å². The van der Waals surface area contributed by atoms with Crippen molar-refractivity contribution < 1.29 is 29.1 Å². The topological polar surface area (TPSA) is 62.3 Å². The molecular weight excluding hydrogens is 293 g/mol. The summed E-state index contributed by atoms with van der Waals surface area (Å²) in [5.74, 6) is 1.42. The summed E-state index contributed by atoms with van der Waals surface area (Å²) in [7, 11) is 0. The fourth-order valence-corrected chi connectivity index (χ4v) is 0.237. The predicted molar refractivity (Wildman–Crippen MR) is 60.1 cm³/mol. The molecule has 0 atom stereocenters. The molecule has 90 valence electrons. The number of hydrogen-bond acceptors (Lipinski definition) is 3. The van der Waals surface area contributed by atoms with Crippen LogP contribution in [0.2, 0.25) is 0 Å². The smallest absolute Gasteiger partial charge is 0.545 e. The maximum Gasteiger partial charge on any atom is 4.00 e. The van der Waals surface area contributed by atoms with Crippen molar-refractivity contribution in [2.75, 3.05) is 6.54 Å². The van der Waals surface area contributed by atoms with Crippen LogP contribution in [0.4, 0.5) is 0 Å². The van der Waals surface area contributed by atoms with Gasteiger partial charge in [0.15, 0.2) is 0 Å². The number of rotatable bonds is 2. The normalized spacial score (nSPS) is 5.62. The molecule has 5 heteroatoms. The van der Waals surface area contributed by atoms with Crippen LogP contribution in [0.15, 0.2) is 0 Å². The monoisotopic (exact) mass is 311 g/mol. The zero-order valence-corrected chi connectivity index (χ0v) is 11.6. The van der Waals surface area contributed by atoms with E-state index >= 15 is 0 Å². The van der Waals surface area contributed by atoms with Gasteiger partial charge in [0, 0.05) is 12.8 Å². The van der Waals surface area contributed by atoms with Gasteiger partial charge in [0.25, 0.3) is 0 Å². The average molecular weight is 310 g/mol. The summed E-state index contributed by atoms with van der Waals surface area (Å²) >= 11 is 0. The van der Waals surface area contributed by atoms with Crippen LogP contribution in [0, 0.1) is 23.8 Å². The minimum absolute atomic E-state index is 0. The molecule has 0 radical (unpaired) electrons. The van der Waals surface area contributed by atoms with E-state index in [0.29, 0.717) is 13.0 Å². The molecular formula is C11H17N2O2Ru+. The molecule has 0 aliphatic rings. The van der Waals surface area contributed by atoms with Gasteiger partial charge in [-0.05, 0) is 0 Å². The van der Waals surface area contributed by atoms with Gasteiger partial charge in [0.2, 0.25) is 6.54 Å². The molecule has 0 saturated heterocycles. The van der Waals surface area contributed by atoms with Gasteiger partial charge < -0.3 is 20.4 Å². The number of unbranched alkanes of at least 4 members (excludes halogenated alkanes) is 1. The first-order valence-corrected chi connectivity index (χ1v) is 4.09. The van der Waals surface area contributed by atoms with Crippen LogP contribution >= 0.6 is 0 Å². The van der Waals surface area contributed by atoms with Crippen LogP contribution in [-0.4, -0.2) is 20.1 Å². The third-order valence-corrected chi connectivity index (χ3v) is 0.558. The van der Waals surface area contributed by atoms with Crippen molar-refractivity contribution in [1.29, 1.82) is 5.26 Å². The van der Waals surface area contributed by atoms with E-state index in [9.17, 15) is 0 Å². The molecule has 0 rings (SSSR count). The molecule has 4 nitrogen and oxygen atoms in total. The van der Waals surface area contributed by atoms with Crippen LogP contribution in [0.3, 0.4) is 0 Å². The molecule has 0 aromatic rings. The van der Waals surface area contributed by atoms with Gasteiger partial charge in [-0.2, -0.15) is 26.0 Å². The van der Waals surface area contributed by atoms with Crippen molar-refractivity contribution in [2.45, 2.75) is 33.6 Å². The zero-order chi connectivity index (χ0) is 13.1. The van der Waals surface area contributed by atoms with Crippen LogP contribution < -0.4 is 0 Å². The fraction of sp³-hybridized carbons (Fsp3) is 0.545. The molecule has 0 heterocycles. The van der Waals surface area contributed by atoms with Crippen molar-refractivity contribution in [3.63, 3.8) is 0 Å². The molecule has 0 aromatic carbocycles. The largest absolute Gasteiger partial charge is 4.00 e. The summed E-state index contributed by atoms with van der Waals surface area (Å²) in [4.78, 5) is 18.6. The zero-order valence-electron chi connectivity index (χ0n) is 9.84. The first-order valence-electron chi connectivity index (χ1n) is 4.09. The van der Waals surface area contributed by atoms with E-state index in [4.69, 9.17) is 21.4 Å². The van der Waals surface area contributed by atoms with Crippen molar-refractivity contribution in [1.82, 2.24) is 0 Å². The first kappa shape index (κ1) is 29.4. The second-order valence-electron chi connectivity index (χ2n) is 2.64. The van der Waals surface area contributed by atoms with Crippen molar-refractivity contribution in [3.8, 4) is 6.07 Å². The van der Waals surface area contributed by atoms with E-state index in [1.54, 1.807) is 0 Å². The quantitative estimate of drug-likeness (QED) is 0.340. The Balaban J connectivity index is -0.0000000388. The SMILES string of the molecule is C[C-](C)C.[C-]#[N+]CCCC#N.[CH-]=O.[CH-]=O.[Ru+4]. The van der Waals surface area contributed by atoms with Crippen molar-refractivity contribution in [3.05, 3.63) is 17.3 Å². The molecule has 0 aromatic heterocycles. The van der Waals surface area contributed by atoms with Crippen LogP contribution in [0.5, 0.6) is 0 Å². The third-order valence-electron chi connectivity index (χ3n) is 0.558. The number of nitriles is 1. The summed E-state index contributed by atoms with van der Waals surface area (Å²) in [6.45, 7) is 19.5. The van der Waals surface area contributed by atoms with Gasteiger partial charge in [-0.1, -0.05) is 0 Å². The summed E-state index contributed by atoms with van der Waals surface area (Å²) in [5.41, 5.74) is 0. The molecule has 0 bridgehead atoms.